The second-order valence-electron chi connectivity index (χ2n) is 5.74. The van der Waals surface area contributed by atoms with Crippen molar-refractivity contribution in [3.8, 4) is 0 Å². The second-order valence-corrected chi connectivity index (χ2v) is 5.74. The minimum absolute atomic E-state index is 0.103. The van der Waals surface area contributed by atoms with E-state index in [2.05, 4.69) is 5.32 Å². The number of nitrogens with zero attached hydrogens (tertiary/aromatic N) is 1. The molecule has 0 radical (unpaired) electrons. The maximum absolute atomic E-state index is 12.5. The lowest BCUT2D eigenvalue weighted by Gasteiger charge is -2.26. The van der Waals surface area contributed by atoms with Crippen molar-refractivity contribution in [2.24, 2.45) is 0 Å². The Labute approximate surface area is 136 Å². The molecule has 0 saturated carbocycles. The van der Waals surface area contributed by atoms with Crippen LogP contribution >= 0.6 is 0 Å². The third-order valence-electron chi connectivity index (χ3n) is 3.95. The predicted molar refractivity (Wildman–Crippen MR) is 92.6 cm³/mol. The minimum Gasteiger partial charge on any atom is -0.389 e. The molecule has 0 spiro atoms. The van der Waals surface area contributed by atoms with Gasteiger partial charge in [-0.05, 0) is 25.4 Å². The van der Waals surface area contributed by atoms with E-state index >= 15 is 0 Å². The van der Waals surface area contributed by atoms with Crippen LogP contribution in [0.4, 0.5) is 5.69 Å². The number of fused-ring (bicyclic) bond motifs is 1. The van der Waals surface area contributed by atoms with Crippen molar-refractivity contribution in [1.82, 2.24) is 4.90 Å². The van der Waals surface area contributed by atoms with E-state index in [1.54, 1.807) is 7.11 Å². The number of aliphatic hydroxyl groups is 1. The van der Waals surface area contributed by atoms with E-state index < -0.39 is 6.10 Å². The molecule has 124 valence electrons. The van der Waals surface area contributed by atoms with Gasteiger partial charge in [0.25, 0.3) is 0 Å². The third-order valence-corrected chi connectivity index (χ3v) is 3.95. The van der Waals surface area contributed by atoms with Gasteiger partial charge in [0.15, 0.2) is 0 Å². The largest absolute Gasteiger partial charge is 0.389 e. The fourth-order valence-corrected chi connectivity index (χ4v) is 2.51. The Hall–Kier alpha value is -1.95. The Balaban J connectivity index is 2.05. The van der Waals surface area contributed by atoms with Crippen molar-refractivity contribution < 1.29 is 14.6 Å². The monoisotopic (exact) mass is 316 g/mol. The van der Waals surface area contributed by atoms with E-state index in [0.717, 1.165) is 16.5 Å². The first-order valence-corrected chi connectivity index (χ1v) is 7.68. The zero-order valence-electron chi connectivity index (χ0n) is 13.8. The number of hydrogen-bond donors (Lipinski definition) is 2. The zero-order valence-corrected chi connectivity index (χ0v) is 13.8. The summed E-state index contributed by atoms with van der Waals surface area (Å²) >= 11 is 0. The van der Waals surface area contributed by atoms with Crippen molar-refractivity contribution in [2.45, 2.75) is 19.1 Å². The molecule has 0 aliphatic carbocycles. The Morgan fingerprint density at radius 3 is 2.70 bits per heavy atom. The molecule has 0 fully saturated rings. The first-order chi connectivity index (χ1) is 11.0. The van der Waals surface area contributed by atoms with Crippen molar-refractivity contribution in [1.29, 1.82) is 0 Å². The molecule has 2 atom stereocenters. The van der Waals surface area contributed by atoms with Crippen molar-refractivity contribution in [2.75, 3.05) is 32.6 Å². The molecular formula is C18H24N2O3. The van der Waals surface area contributed by atoms with Gasteiger partial charge in [-0.1, -0.05) is 36.4 Å². The van der Waals surface area contributed by atoms with Crippen LogP contribution in [-0.4, -0.2) is 55.4 Å². The number of ether oxygens (including phenoxy) is 1. The van der Waals surface area contributed by atoms with Crippen LogP contribution in [0.2, 0.25) is 0 Å². The average molecular weight is 316 g/mol. The highest BCUT2D eigenvalue weighted by molar-refractivity contribution is 6.03. The highest BCUT2D eigenvalue weighted by Crippen LogP contribution is 2.23. The summed E-state index contributed by atoms with van der Waals surface area (Å²) in [7, 11) is 3.35. The maximum Gasteiger partial charge on any atom is 0.241 e. The zero-order chi connectivity index (χ0) is 16.8. The van der Waals surface area contributed by atoms with Crippen LogP contribution in [-0.2, 0) is 9.53 Å². The average Bonchev–Trinajstić information content (AvgIpc) is 2.54. The molecule has 0 aliphatic rings. The predicted octanol–water partition coefficient (Wildman–Crippen LogP) is 2.11. The van der Waals surface area contributed by atoms with Crippen LogP contribution < -0.4 is 5.32 Å². The molecule has 2 unspecified atom stereocenters. The Morgan fingerprint density at radius 2 is 1.96 bits per heavy atom. The molecule has 2 aromatic carbocycles. The van der Waals surface area contributed by atoms with Gasteiger partial charge < -0.3 is 15.2 Å². The summed E-state index contributed by atoms with van der Waals surface area (Å²) in [5.74, 6) is -0.103. The SMILES string of the molecule is COCC(O)CN(C)C(C)C(=O)Nc1cccc2ccccc12. The van der Waals surface area contributed by atoms with Gasteiger partial charge in [-0.25, -0.2) is 0 Å². The number of aliphatic hydroxyl groups excluding tert-OH is 1. The van der Waals surface area contributed by atoms with Gasteiger partial charge in [-0.2, -0.15) is 0 Å². The number of carbonyl (C=O) groups excluding carboxylic acids is 1. The van der Waals surface area contributed by atoms with Gasteiger partial charge in [0, 0.05) is 24.7 Å². The molecule has 2 aromatic rings. The molecule has 0 aliphatic heterocycles. The van der Waals surface area contributed by atoms with Gasteiger partial charge in [-0.15, -0.1) is 0 Å². The number of benzene rings is 2. The van der Waals surface area contributed by atoms with E-state index in [-0.39, 0.29) is 18.6 Å². The molecule has 5 nitrogen and oxygen atoms in total. The summed E-state index contributed by atoms with van der Waals surface area (Å²) in [5, 5.41) is 14.9. The topological polar surface area (TPSA) is 61.8 Å². The van der Waals surface area contributed by atoms with E-state index in [1.165, 1.54) is 0 Å². The van der Waals surface area contributed by atoms with Gasteiger partial charge in [-0.3, -0.25) is 9.69 Å². The molecular weight excluding hydrogens is 292 g/mol. The van der Waals surface area contributed by atoms with E-state index in [4.69, 9.17) is 4.74 Å². The molecule has 0 saturated heterocycles. The molecule has 5 heteroatoms. The van der Waals surface area contributed by atoms with E-state index in [9.17, 15) is 9.90 Å². The lowest BCUT2D eigenvalue weighted by molar-refractivity contribution is -0.120. The molecule has 2 N–H and O–H groups in total. The van der Waals surface area contributed by atoms with Crippen LogP contribution in [0.5, 0.6) is 0 Å². The van der Waals surface area contributed by atoms with E-state index in [0.29, 0.717) is 6.54 Å². The quantitative estimate of drug-likeness (QED) is 0.821. The van der Waals surface area contributed by atoms with Crippen LogP contribution in [0.1, 0.15) is 6.92 Å². The first-order valence-electron chi connectivity index (χ1n) is 7.68. The minimum atomic E-state index is -0.613. The molecule has 0 bridgehead atoms. The van der Waals surface area contributed by atoms with Gasteiger partial charge in [0.1, 0.15) is 0 Å². The number of amides is 1. The molecule has 2 rings (SSSR count). The van der Waals surface area contributed by atoms with Crippen LogP contribution in [0.3, 0.4) is 0 Å². The van der Waals surface area contributed by atoms with Crippen LogP contribution in [0.25, 0.3) is 10.8 Å². The fourth-order valence-electron chi connectivity index (χ4n) is 2.51. The van der Waals surface area contributed by atoms with Crippen molar-refractivity contribution in [3.05, 3.63) is 42.5 Å². The second kappa shape index (κ2) is 8.06. The number of likely N-dealkylation sites (N-methyl/N-ethyl adjacent to an activating group) is 1. The Kier molecular flexibility index (Phi) is 6.10. The third kappa shape index (κ3) is 4.51. The summed E-state index contributed by atoms with van der Waals surface area (Å²) in [6, 6.07) is 13.4. The highest BCUT2D eigenvalue weighted by atomic mass is 16.5. The van der Waals surface area contributed by atoms with E-state index in [1.807, 2.05) is 61.3 Å². The maximum atomic E-state index is 12.5. The lowest BCUT2D eigenvalue weighted by Crippen LogP contribution is -2.44. The Morgan fingerprint density at radius 1 is 1.26 bits per heavy atom. The van der Waals surface area contributed by atoms with Crippen LogP contribution in [0, 0.1) is 0 Å². The summed E-state index contributed by atoms with van der Waals surface area (Å²) < 4.78 is 4.91. The molecule has 0 heterocycles. The number of carbonyl (C=O) groups is 1. The number of methoxy groups -OCH3 is 1. The number of nitrogens with one attached hydrogen (secondary N) is 1. The van der Waals surface area contributed by atoms with Crippen LogP contribution in [0.15, 0.2) is 42.5 Å². The highest BCUT2D eigenvalue weighted by Gasteiger charge is 2.20. The summed E-state index contributed by atoms with van der Waals surface area (Å²) in [6.07, 6.45) is -0.613. The first kappa shape index (κ1) is 17.4. The summed E-state index contributed by atoms with van der Waals surface area (Å²) in [4.78, 5) is 14.3. The number of hydrogen-bond acceptors (Lipinski definition) is 4. The standard InChI is InChI=1S/C18H24N2O3/c1-13(20(2)11-15(21)12-23-3)18(22)19-17-10-6-8-14-7-4-5-9-16(14)17/h4-10,13,15,21H,11-12H2,1-3H3,(H,19,22). The summed E-state index contributed by atoms with van der Waals surface area (Å²) in [6.45, 7) is 2.44. The molecule has 0 aromatic heterocycles. The normalized spacial score (nSPS) is 14.0. The Bertz CT molecular complexity index is 654. The van der Waals surface area contributed by atoms with Gasteiger partial charge in [0.05, 0.1) is 18.8 Å². The number of anilines is 1. The fraction of sp³-hybridized carbons (Fsp3) is 0.389. The van der Waals surface area contributed by atoms with Gasteiger partial charge >= 0.3 is 0 Å². The van der Waals surface area contributed by atoms with Gasteiger partial charge in [0.2, 0.25) is 5.91 Å². The van der Waals surface area contributed by atoms with Crippen molar-refractivity contribution >= 4 is 22.4 Å². The van der Waals surface area contributed by atoms with Crippen molar-refractivity contribution in [3.63, 3.8) is 0 Å². The smallest absolute Gasteiger partial charge is 0.241 e. The molecule has 1 amide bonds. The lowest BCUT2D eigenvalue weighted by atomic mass is 10.1. The number of rotatable bonds is 7. The summed E-state index contributed by atoms with van der Waals surface area (Å²) in [5.41, 5.74) is 0.797. The molecule has 23 heavy (non-hydrogen) atoms.